The summed E-state index contributed by atoms with van der Waals surface area (Å²) in [7, 11) is 0. The number of ketones is 1. The second-order valence-corrected chi connectivity index (χ2v) is 14.5. The van der Waals surface area contributed by atoms with Gasteiger partial charge in [0.25, 0.3) is 0 Å². The first-order valence-corrected chi connectivity index (χ1v) is 14.7. The molecule has 4 fully saturated rings. The molecule has 0 bridgehead atoms. The van der Waals surface area contributed by atoms with E-state index in [0.717, 1.165) is 0 Å². The summed E-state index contributed by atoms with van der Waals surface area (Å²) in [5.74, 6) is -0.0186. The van der Waals surface area contributed by atoms with Crippen molar-refractivity contribution in [1.29, 1.82) is 0 Å². The molecule has 5 N–H and O–H groups in total. The Morgan fingerprint density at radius 3 is 2.45 bits per heavy atom. The largest absolute Gasteiger partial charge is 0.395 e. The van der Waals surface area contributed by atoms with Gasteiger partial charge < -0.3 is 30.3 Å². The number of ether oxygens (including phenoxy) is 1. The molecule has 0 spiro atoms. The first-order valence-electron chi connectivity index (χ1n) is 14.7. The molecule has 0 aromatic rings. The molecule has 0 radical (unpaired) electrons. The third-order valence-corrected chi connectivity index (χ3v) is 13.1. The van der Waals surface area contributed by atoms with Crippen molar-refractivity contribution < 1.29 is 35.1 Å². The van der Waals surface area contributed by atoms with Crippen molar-refractivity contribution in [3.05, 3.63) is 23.8 Å². The van der Waals surface area contributed by atoms with E-state index in [4.69, 9.17) is 4.74 Å². The molecule has 1 heterocycles. The van der Waals surface area contributed by atoms with Crippen LogP contribution >= 0.6 is 0 Å². The Morgan fingerprint density at radius 1 is 1.11 bits per heavy atom. The number of rotatable bonds is 4. The van der Waals surface area contributed by atoms with E-state index < -0.39 is 46.3 Å². The second-order valence-electron chi connectivity index (χ2n) is 14.5. The molecule has 5 aliphatic carbocycles. The summed E-state index contributed by atoms with van der Waals surface area (Å²) >= 11 is 0. The predicted octanol–water partition coefficient (Wildman–Crippen LogP) is 2.53. The van der Waals surface area contributed by atoms with Crippen molar-refractivity contribution in [3.63, 3.8) is 0 Å². The van der Waals surface area contributed by atoms with Gasteiger partial charge in [-0.2, -0.15) is 0 Å². The van der Waals surface area contributed by atoms with Crippen molar-refractivity contribution in [2.24, 2.45) is 45.8 Å². The summed E-state index contributed by atoms with van der Waals surface area (Å²) < 4.78 is 6.19. The number of allylic oxidation sites excluding steroid dienone is 2. The Labute approximate surface area is 226 Å². The van der Waals surface area contributed by atoms with Gasteiger partial charge in [-0.1, -0.05) is 46.8 Å². The maximum absolute atomic E-state index is 13.8. The minimum atomic E-state index is -1.30. The minimum Gasteiger partial charge on any atom is -0.395 e. The Balaban J connectivity index is 1.44. The first-order chi connectivity index (χ1) is 17.7. The van der Waals surface area contributed by atoms with Crippen LogP contribution in [0.4, 0.5) is 0 Å². The summed E-state index contributed by atoms with van der Waals surface area (Å²) in [6.07, 6.45) is 5.84. The van der Waals surface area contributed by atoms with Gasteiger partial charge in [0.1, 0.15) is 11.7 Å². The van der Waals surface area contributed by atoms with Gasteiger partial charge in [0.2, 0.25) is 0 Å². The molecule has 3 saturated carbocycles. The lowest BCUT2D eigenvalue weighted by Crippen LogP contribution is -2.68. The highest BCUT2D eigenvalue weighted by Gasteiger charge is 2.76. The van der Waals surface area contributed by atoms with Crippen LogP contribution in [0.25, 0.3) is 0 Å². The van der Waals surface area contributed by atoms with Crippen LogP contribution in [-0.4, -0.2) is 73.5 Å². The normalized spacial score (nSPS) is 56.0. The van der Waals surface area contributed by atoms with E-state index in [-0.39, 0.29) is 48.6 Å². The molecule has 0 aromatic carbocycles. The number of carbonyl (C=O) groups excluding carboxylic acids is 1. The molecule has 38 heavy (non-hydrogen) atoms. The van der Waals surface area contributed by atoms with Crippen LogP contribution in [-0.2, 0) is 9.53 Å². The zero-order valence-corrected chi connectivity index (χ0v) is 23.4. The smallest absolute Gasteiger partial charge is 0.164 e. The molecule has 6 rings (SSSR count). The zero-order chi connectivity index (χ0) is 27.6. The Morgan fingerprint density at radius 2 is 1.79 bits per heavy atom. The molecular weight excluding hydrogens is 484 g/mol. The highest BCUT2D eigenvalue weighted by molar-refractivity contribution is 5.98. The molecule has 0 amide bonds. The van der Waals surface area contributed by atoms with Gasteiger partial charge in [0.05, 0.1) is 35.9 Å². The first kappa shape index (κ1) is 27.1. The summed E-state index contributed by atoms with van der Waals surface area (Å²) in [5, 5.41) is 57.0. The molecule has 1 saturated heterocycles. The van der Waals surface area contributed by atoms with Crippen molar-refractivity contribution in [3.8, 4) is 0 Å². The number of hydrogen-bond acceptors (Lipinski definition) is 7. The number of epoxide rings is 1. The fourth-order valence-electron chi connectivity index (χ4n) is 10.2. The van der Waals surface area contributed by atoms with Crippen LogP contribution in [0.1, 0.15) is 73.1 Å². The Hall–Kier alpha value is -1.09. The lowest BCUT2D eigenvalue weighted by molar-refractivity contribution is -0.198. The minimum absolute atomic E-state index is 0.00621. The molecule has 212 valence electrons. The number of fused-ring (bicyclic) bond motifs is 4. The quantitative estimate of drug-likeness (QED) is 0.279. The van der Waals surface area contributed by atoms with Crippen molar-refractivity contribution >= 4 is 5.78 Å². The van der Waals surface area contributed by atoms with Gasteiger partial charge in [-0.25, -0.2) is 0 Å². The molecule has 13 unspecified atom stereocenters. The van der Waals surface area contributed by atoms with E-state index >= 15 is 0 Å². The fraction of sp³-hybridized carbons (Fsp3) is 0.839. The average Bonchev–Trinajstić information content (AvgIpc) is 3.61. The van der Waals surface area contributed by atoms with Gasteiger partial charge >= 0.3 is 0 Å². The number of hydrogen-bond donors (Lipinski definition) is 5. The highest BCUT2D eigenvalue weighted by atomic mass is 16.6. The van der Waals surface area contributed by atoms with Crippen molar-refractivity contribution in [1.82, 2.24) is 0 Å². The fourth-order valence-corrected chi connectivity index (χ4v) is 10.2. The second kappa shape index (κ2) is 8.23. The lowest BCUT2D eigenvalue weighted by Gasteiger charge is -2.65. The molecule has 13 atom stereocenters. The third kappa shape index (κ3) is 3.04. The standard InChI is InChI=1S/C31H46O7/c1-16(2)17(3)25-26(38-25)30(36)9-6-7-18-11-19-20(31(37)10-8-23(30)28(18,31)5)12-24(35)29(15-32)14-22(34)21(33)13-27(19,29)4/h6-7,12,16-19,21-23,25-26,32-34,36-37H,8-11,13-15H2,1-5H3. The summed E-state index contributed by atoms with van der Waals surface area (Å²) in [4.78, 5) is 13.8. The van der Waals surface area contributed by atoms with E-state index in [1.165, 1.54) is 0 Å². The van der Waals surface area contributed by atoms with E-state index in [1.54, 1.807) is 6.08 Å². The Bertz CT molecular complexity index is 1080. The SMILES string of the molecule is CC(C)C(C)C1OC1C1(O)CC=CC2CC3C(=CC(=O)C4(CO)CC(O)C(O)CC34C)C3(O)CCC1C23C. The molecule has 7 nitrogen and oxygen atoms in total. The van der Waals surface area contributed by atoms with Crippen LogP contribution in [0.3, 0.4) is 0 Å². The Kier molecular flexibility index (Phi) is 5.87. The number of aliphatic hydroxyl groups is 5. The van der Waals surface area contributed by atoms with Crippen LogP contribution in [0.15, 0.2) is 23.8 Å². The topological polar surface area (TPSA) is 131 Å². The third-order valence-electron chi connectivity index (χ3n) is 13.1. The maximum Gasteiger partial charge on any atom is 0.164 e. The molecule has 0 aromatic heterocycles. The zero-order valence-electron chi connectivity index (χ0n) is 23.4. The molecule has 6 aliphatic rings. The maximum atomic E-state index is 13.8. The van der Waals surface area contributed by atoms with Gasteiger partial charge in [0.15, 0.2) is 5.78 Å². The number of aliphatic hydroxyl groups excluding tert-OH is 3. The van der Waals surface area contributed by atoms with Gasteiger partial charge in [-0.15, -0.1) is 0 Å². The lowest BCUT2D eigenvalue weighted by atomic mass is 9.39. The highest BCUT2D eigenvalue weighted by Crippen LogP contribution is 2.73. The van der Waals surface area contributed by atoms with E-state index in [2.05, 4.69) is 39.8 Å². The van der Waals surface area contributed by atoms with Crippen molar-refractivity contribution in [2.45, 2.75) is 109 Å². The van der Waals surface area contributed by atoms with Crippen molar-refractivity contribution in [2.75, 3.05) is 6.61 Å². The van der Waals surface area contributed by atoms with Crippen LogP contribution in [0.5, 0.6) is 0 Å². The van der Waals surface area contributed by atoms with E-state index in [9.17, 15) is 30.3 Å². The van der Waals surface area contributed by atoms with E-state index in [1.807, 2.05) is 6.92 Å². The van der Waals surface area contributed by atoms with Gasteiger partial charge in [-0.05, 0) is 85.2 Å². The summed E-state index contributed by atoms with van der Waals surface area (Å²) in [6, 6.07) is 0. The average molecular weight is 531 g/mol. The molecule has 1 aliphatic heterocycles. The predicted molar refractivity (Wildman–Crippen MR) is 141 cm³/mol. The van der Waals surface area contributed by atoms with Crippen LogP contribution in [0, 0.1) is 45.8 Å². The summed E-state index contributed by atoms with van der Waals surface area (Å²) in [6.45, 7) is 10.2. The van der Waals surface area contributed by atoms with Gasteiger partial charge in [-0.3, -0.25) is 4.79 Å². The number of carbonyl (C=O) groups is 1. The molecule has 7 heteroatoms. The molecular formula is C31H46O7. The summed E-state index contributed by atoms with van der Waals surface area (Å²) in [5.41, 5.74) is -4.42. The van der Waals surface area contributed by atoms with Crippen LogP contribution < -0.4 is 0 Å². The van der Waals surface area contributed by atoms with Gasteiger partial charge in [0, 0.05) is 5.41 Å². The van der Waals surface area contributed by atoms with Crippen LogP contribution in [0.2, 0.25) is 0 Å². The van der Waals surface area contributed by atoms with E-state index in [0.29, 0.717) is 43.1 Å². The monoisotopic (exact) mass is 530 g/mol.